The Morgan fingerprint density at radius 1 is 1.09 bits per heavy atom. The molecule has 2 aromatic carbocycles. The van der Waals surface area contributed by atoms with E-state index >= 15 is 0 Å². The molecule has 0 amide bonds. The van der Waals surface area contributed by atoms with Gasteiger partial charge in [0.2, 0.25) is 0 Å². The lowest BCUT2D eigenvalue weighted by Gasteiger charge is -2.23. The van der Waals surface area contributed by atoms with Crippen LogP contribution in [0.5, 0.6) is 11.5 Å². The third-order valence-electron chi connectivity index (χ3n) is 5.30. The zero-order valence-corrected chi connectivity index (χ0v) is 22.2. The van der Waals surface area contributed by atoms with Crippen molar-refractivity contribution < 1.29 is 9.47 Å². The summed E-state index contributed by atoms with van der Waals surface area (Å²) in [4.78, 5) is 6.88. The molecule has 1 N–H and O–H groups in total. The van der Waals surface area contributed by atoms with Crippen molar-refractivity contribution in [1.29, 1.82) is 0 Å². The van der Waals surface area contributed by atoms with Crippen LogP contribution >= 0.6 is 24.0 Å². The van der Waals surface area contributed by atoms with Crippen molar-refractivity contribution in [3.8, 4) is 11.5 Å². The minimum absolute atomic E-state index is 0. The Bertz CT molecular complexity index is 1040. The number of halogens is 1. The van der Waals surface area contributed by atoms with Gasteiger partial charge in [0.05, 0.1) is 26.7 Å². The minimum Gasteiger partial charge on any atom is -0.497 e. The normalized spacial score (nSPS) is 11.0. The van der Waals surface area contributed by atoms with Gasteiger partial charge >= 0.3 is 0 Å². The molecule has 33 heavy (non-hydrogen) atoms. The van der Waals surface area contributed by atoms with Gasteiger partial charge in [0, 0.05) is 14.1 Å². The second-order valence-electron chi connectivity index (χ2n) is 7.60. The second kappa shape index (κ2) is 13.0. The fourth-order valence-corrected chi connectivity index (χ4v) is 3.09. The third-order valence-corrected chi connectivity index (χ3v) is 5.30. The molecule has 0 radical (unpaired) electrons. The Hall–Kier alpha value is -2.82. The molecule has 0 aliphatic heterocycles. The van der Waals surface area contributed by atoms with Gasteiger partial charge in [-0.05, 0) is 43.2 Å². The van der Waals surface area contributed by atoms with E-state index in [9.17, 15) is 0 Å². The monoisotopic (exact) mass is 564 g/mol. The molecule has 0 bridgehead atoms. The van der Waals surface area contributed by atoms with Crippen LogP contribution in [-0.4, -0.2) is 52.9 Å². The Morgan fingerprint density at radius 3 is 2.45 bits per heavy atom. The summed E-state index contributed by atoms with van der Waals surface area (Å²) in [5.74, 6) is 4.23. The van der Waals surface area contributed by atoms with Crippen molar-refractivity contribution in [1.82, 2.24) is 25.0 Å². The lowest BCUT2D eigenvalue weighted by atomic mass is 10.2. The van der Waals surface area contributed by atoms with Crippen molar-refractivity contribution in [3.63, 3.8) is 0 Å². The van der Waals surface area contributed by atoms with Crippen molar-refractivity contribution in [2.75, 3.05) is 27.3 Å². The first-order valence-electron chi connectivity index (χ1n) is 10.6. The molecule has 3 rings (SSSR count). The molecule has 0 atom stereocenters. The van der Waals surface area contributed by atoms with E-state index in [1.54, 1.807) is 7.11 Å². The van der Waals surface area contributed by atoms with E-state index in [0.717, 1.165) is 40.2 Å². The van der Waals surface area contributed by atoms with Gasteiger partial charge in [0.15, 0.2) is 11.8 Å². The number of methoxy groups -OCH3 is 1. The van der Waals surface area contributed by atoms with E-state index in [0.29, 0.717) is 26.2 Å². The molecule has 0 aliphatic carbocycles. The predicted octanol–water partition coefficient (Wildman–Crippen LogP) is 3.72. The first-order chi connectivity index (χ1) is 15.5. The summed E-state index contributed by atoms with van der Waals surface area (Å²) >= 11 is 0. The number of aryl methyl sites for hydroxylation is 2. The summed E-state index contributed by atoms with van der Waals surface area (Å²) in [5, 5.41) is 11.8. The van der Waals surface area contributed by atoms with Crippen molar-refractivity contribution >= 4 is 29.9 Å². The SMILES string of the molecule is COc1ccc(CN=C(NCc2nnc(C)n2C)N(C)CCOc2ccccc2C)cc1.I. The molecule has 0 spiro atoms. The predicted molar refractivity (Wildman–Crippen MR) is 141 cm³/mol. The number of rotatable bonds is 9. The maximum absolute atomic E-state index is 5.97. The molecule has 8 nitrogen and oxygen atoms in total. The molecule has 0 saturated heterocycles. The van der Waals surface area contributed by atoms with Gasteiger partial charge in [0.25, 0.3) is 0 Å². The summed E-state index contributed by atoms with van der Waals surface area (Å²) in [6.07, 6.45) is 0. The molecular weight excluding hydrogens is 531 g/mol. The van der Waals surface area contributed by atoms with Crippen LogP contribution in [0.2, 0.25) is 0 Å². The zero-order chi connectivity index (χ0) is 22.9. The lowest BCUT2D eigenvalue weighted by Crippen LogP contribution is -2.41. The van der Waals surface area contributed by atoms with Crippen LogP contribution in [0.15, 0.2) is 53.5 Å². The van der Waals surface area contributed by atoms with Crippen LogP contribution in [0.1, 0.15) is 22.8 Å². The molecule has 9 heteroatoms. The lowest BCUT2D eigenvalue weighted by molar-refractivity contribution is 0.279. The molecule has 1 aromatic heterocycles. The number of hydrogen-bond donors (Lipinski definition) is 1. The molecule has 178 valence electrons. The number of hydrogen-bond acceptors (Lipinski definition) is 5. The second-order valence-corrected chi connectivity index (χ2v) is 7.60. The number of benzene rings is 2. The summed E-state index contributed by atoms with van der Waals surface area (Å²) in [6, 6.07) is 16.0. The highest BCUT2D eigenvalue weighted by Gasteiger charge is 2.11. The Kier molecular flexibility index (Phi) is 10.4. The number of likely N-dealkylation sites (N-methyl/N-ethyl adjacent to an activating group) is 1. The van der Waals surface area contributed by atoms with E-state index in [1.807, 2.05) is 81.0 Å². The first kappa shape index (κ1) is 26.4. The number of para-hydroxylation sites is 1. The topological polar surface area (TPSA) is 76.8 Å². The quantitative estimate of drug-likeness (QED) is 0.243. The van der Waals surface area contributed by atoms with Gasteiger partial charge in [0.1, 0.15) is 23.9 Å². The van der Waals surface area contributed by atoms with E-state index in [1.165, 1.54) is 0 Å². The number of nitrogens with zero attached hydrogens (tertiary/aromatic N) is 5. The summed E-state index contributed by atoms with van der Waals surface area (Å²) in [7, 11) is 5.63. The number of guanidine groups is 1. The molecule has 0 aliphatic rings. The highest BCUT2D eigenvalue weighted by Crippen LogP contribution is 2.16. The molecular formula is C24H33IN6O2. The van der Waals surface area contributed by atoms with Crippen LogP contribution in [0.3, 0.4) is 0 Å². The van der Waals surface area contributed by atoms with Crippen LogP contribution < -0.4 is 14.8 Å². The average molecular weight is 564 g/mol. The van der Waals surface area contributed by atoms with E-state index < -0.39 is 0 Å². The largest absolute Gasteiger partial charge is 0.497 e. The van der Waals surface area contributed by atoms with Gasteiger partial charge in [-0.1, -0.05) is 30.3 Å². The average Bonchev–Trinajstić information content (AvgIpc) is 3.13. The Balaban J connectivity index is 0.00000385. The van der Waals surface area contributed by atoms with E-state index in [-0.39, 0.29) is 24.0 Å². The van der Waals surface area contributed by atoms with Crippen LogP contribution in [0, 0.1) is 13.8 Å². The van der Waals surface area contributed by atoms with Gasteiger partial charge in [-0.3, -0.25) is 0 Å². The highest BCUT2D eigenvalue weighted by molar-refractivity contribution is 14.0. The van der Waals surface area contributed by atoms with Gasteiger partial charge in [-0.15, -0.1) is 34.2 Å². The number of aliphatic imine (C=N–C) groups is 1. The maximum atomic E-state index is 5.97. The number of aromatic nitrogens is 3. The smallest absolute Gasteiger partial charge is 0.194 e. The van der Waals surface area contributed by atoms with Crippen molar-refractivity contribution in [3.05, 3.63) is 71.3 Å². The molecule has 3 aromatic rings. The molecule has 0 fully saturated rings. The summed E-state index contributed by atoms with van der Waals surface area (Å²) in [5.41, 5.74) is 2.23. The Labute approximate surface area is 213 Å². The van der Waals surface area contributed by atoms with Gasteiger partial charge in [-0.25, -0.2) is 4.99 Å². The Morgan fingerprint density at radius 2 is 1.82 bits per heavy atom. The van der Waals surface area contributed by atoms with Gasteiger partial charge in [-0.2, -0.15) is 0 Å². The van der Waals surface area contributed by atoms with Crippen LogP contribution in [-0.2, 0) is 20.1 Å². The van der Waals surface area contributed by atoms with Crippen LogP contribution in [0.4, 0.5) is 0 Å². The molecule has 0 unspecified atom stereocenters. The standard InChI is InChI=1S/C24H32N6O2.HI/c1-18-8-6-7-9-22(18)32-15-14-29(3)24(26-17-23-28-27-19(2)30(23)4)25-16-20-10-12-21(31-5)13-11-20;/h6-13H,14-17H2,1-5H3,(H,25,26);1H. The van der Waals surface area contributed by atoms with Crippen molar-refractivity contribution in [2.45, 2.75) is 26.9 Å². The fraction of sp³-hybridized carbons (Fsp3) is 0.375. The maximum Gasteiger partial charge on any atom is 0.194 e. The van der Waals surface area contributed by atoms with E-state index in [2.05, 4.69) is 20.4 Å². The van der Waals surface area contributed by atoms with E-state index in [4.69, 9.17) is 14.5 Å². The summed E-state index contributed by atoms with van der Waals surface area (Å²) < 4.78 is 13.2. The zero-order valence-electron chi connectivity index (χ0n) is 19.9. The molecule has 0 saturated carbocycles. The van der Waals surface area contributed by atoms with Crippen LogP contribution in [0.25, 0.3) is 0 Å². The van der Waals surface area contributed by atoms with Gasteiger partial charge < -0.3 is 24.3 Å². The number of nitrogens with one attached hydrogen (secondary N) is 1. The fourth-order valence-electron chi connectivity index (χ4n) is 3.09. The minimum atomic E-state index is 0. The third kappa shape index (κ3) is 7.62. The summed E-state index contributed by atoms with van der Waals surface area (Å²) in [6.45, 7) is 6.29. The first-order valence-corrected chi connectivity index (χ1v) is 10.6. The van der Waals surface area contributed by atoms with Crippen molar-refractivity contribution in [2.24, 2.45) is 12.0 Å². The highest BCUT2D eigenvalue weighted by atomic mass is 127. The number of ether oxygens (including phenoxy) is 2. The molecule has 1 heterocycles.